The summed E-state index contributed by atoms with van der Waals surface area (Å²) in [4.78, 5) is 11.3. The van der Waals surface area contributed by atoms with Crippen molar-refractivity contribution in [1.82, 2.24) is 0 Å². The van der Waals surface area contributed by atoms with Gasteiger partial charge in [-0.1, -0.05) is 0 Å². The van der Waals surface area contributed by atoms with Gasteiger partial charge >= 0.3 is 278 Å². The Labute approximate surface area is 276 Å². The monoisotopic (exact) mass is 666 g/mol. The third-order valence-electron chi connectivity index (χ3n) is 10.2. The van der Waals surface area contributed by atoms with Crippen LogP contribution in [0.3, 0.4) is 0 Å². The molecule has 8 unspecified atom stereocenters. The van der Waals surface area contributed by atoms with Crippen molar-refractivity contribution < 1.29 is 32.8 Å². The number of hydrogen-bond acceptors (Lipinski definition) is 7. The zero-order valence-electron chi connectivity index (χ0n) is 30.0. The topological polar surface area (TPSA) is 88.1 Å². The van der Waals surface area contributed by atoms with E-state index in [2.05, 4.69) is 82.3 Å². The Morgan fingerprint density at radius 2 is 1.20 bits per heavy atom. The van der Waals surface area contributed by atoms with Crippen LogP contribution in [-0.2, 0) is 32.8 Å². The Morgan fingerprint density at radius 1 is 0.818 bits per heavy atom. The number of ether oxygens (including phenoxy) is 3. The molecule has 248 valence electrons. The van der Waals surface area contributed by atoms with E-state index < -0.39 is 8.32 Å². The van der Waals surface area contributed by atoms with Gasteiger partial charge in [0.15, 0.2) is 0 Å². The van der Waals surface area contributed by atoms with Gasteiger partial charge in [-0.05, 0) is 0 Å². The zero-order chi connectivity index (χ0) is 34.0. The molecular weight excluding hydrogens is 606 g/mol. The summed E-state index contributed by atoms with van der Waals surface area (Å²) in [6.07, 6.45) is 2.34. The molecule has 14 atom stereocenters. The average Bonchev–Trinajstić information content (AvgIpc) is 2.94. The van der Waals surface area contributed by atoms with E-state index in [9.17, 15) is 14.2 Å². The van der Waals surface area contributed by atoms with Crippen LogP contribution in [0.5, 0.6) is 0 Å². The molecule has 2 heterocycles. The minimum atomic E-state index is -1.85. The van der Waals surface area contributed by atoms with E-state index in [0.29, 0.717) is 40.3 Å². The number of rotatable bonds is 13. The third-order valence-corrected chi connectivity index (χ3v) is 17.8. The van der Waals surface area contributed by atoms with Gasteiger partial charge in [0.05, 0.1) is 0 Å². The SMILES string of the molecule is CC[C@H](C)C1OC(C)C(OC(C)=O)[C@@H](C)[C@@H]1P[B]B=O.CC[C@H](C)C1OC(C)C(O[Si](C)(C)C(C)(C)C)[C@@H](C)[C@@H]1P[B]B=O. The molecule has 7 nitrogen and oxygen atoms in total. The minimum absolute atomic E-state index is 0.102. The van der Waals surface area contributed by atoms with Crippen molar-refractivity contribution in [2.75, 3.05) is 0 Å². The van der Waals surface area contributed by atoms with Crippen LogP contribution in [-0.4, -0.2) is 90.1 Å². The first-order chi connectivity index (χ1) is 20.4. The van der Waals surface area contributed by atoms with Crippen molar-refractivity contribution in [1.29, 1.82) is 0 Å². The van der Waals surface area contributed by atoms with Gasteiger partial charge in [0.1, 0.15) is 0 Å². The molecule has 14 heteroatoms. The summed E-state index contributed by atoms with van der Waals surface area (Å²) in [6.45, 7) is 33.6. The van der Waals surface area contributed by atoms with E-state index in [4.69, 9.17) is 18.6 Å². The maximum absolute atomic E-state index is 11.3. The molecule has 0 saturated carbocycles. The van der Waals surface area contributed by atoms with E-state index in [1.165, 1.54) is 6.92 Å². The van der Waals surface area contributed by atoms with Crippen LogP contribution < -0.4 is 0 Å². The predicted octanol–water partition coefficient (Wildman–Crippen LogP) is 6.50. The third kappa shape index (κ3) is 11.8. The Bertz CT molecular complexity index is 900. The summed E-state index contributed by atoms with van der Waals surface area (Å²) in [5.41, 5.74) is 0.604. The van der Waals surface area contributed by atoms with Crippen LogP contribution in [0, 0.1) is 23.7 Å². The summed E-state index contributed by atoms with van der Waals surface area (Å²) in [5.74, 6) is 1.24. The molecule has 0 aromatic heterocycles. The molecule has 0 amide bonds. The van der Waals surface area contributed by atoms with Crippen molar-refractivity contribution in [2.45, 2.75) is 162 Å². The van der Waals surface area contributed by atoms with Gasteiger partial charge < -0.3 is 0 Å². The first kappa shape index (κ1) is 42.3. The maximum atomic E-state index is 11.3. The van der Waals surface area contributed by atoms with E-state index in [1.54, 1.807) is 13.8 Å². The van der Waals surface area contributed by atoms with Crippen molar-refractivity contribution >= 4 is 59.1 Å². The molecule has 0 N–H and O–H groups in total. The molecule has 2 aliphatic heterocycles. The number of esters is 1. The van der Waals surface area contributed by atoms with Crippen LogP contribution in [0.4, 0.5) is 0 Å². The quantitative estimate of drug-likeness (QED) is 0.126. The zero-order valence-corrected chi connectivity index (χ0v) is 33.0. The Hall–Kier alpha value is 0.287. The molecule has 0 aliphatic carbocycles. The van der Waals surface area contributed by atoms with Crippen molar-refractivity contribution in [3.05, 3.63) is 0 Å². The van der Waals surface area contributed by atoms with Gasteiger partial charge in [-0.25, -0.2) is 0 Å². The van der Waals surface area contributed by atoms with Gasteiger partial charge in [-0.3, -0.25) is 0 Å². The van der Waals surface area contributed by atoms with Crippen LogP contribution in [0.2, 0.25) is 18.1 Å². The fourth-order valence-corrected chi connectivity index (χ4v) is 10.3. The molecule has 2 aliphatic rings. The summed E-state index contributed by atoms with van der Waals surface area (Å²) in [6, 6.07) is 0. The Morgan fingerprint density at radius 3 is 1.55 bits per heavy atom. The van der Waals surface area contributed by atoms with E-state index >= 15 is 0 Å². The van der Waals surface area contributed by atoms with Gasteiger partial charge in [0.25, 0.3) is 0 Å². The molecule has 0 spiro atoms. The van der Waals surface area contributed by atoms with Gasteiger partial charge in [-0.2, -0.15) is 0 Å². The van der Waals surface area contributed by atoms with Crippen molar-refractivity contribution in [2.24, 2.45) is 23.7 Å². The normalized spacial score (nSPS) is 34.4. The molecule has 2 radical (unpaired) electrons. The van der Waals surface area contributed by atoms with Crippen LogP contribution in [0.1, 0.15) is 95.9 Å². The fourth-order valence-electron chi connectivity index (χ4n) is 6.03. The first-order valence-corrected chi connectivity index (χ1v) is 21.8. The fraction of sp³-hybridized carbons (Fsp3) is 0.967. The number of carbonyl (C=O) groups is 1. The summed E-state index contributed by atoms with van der Waals surface area (Å²) < 4.78 is 46.3. The second kappa shape index (κ2) is 19.3. The van der Waals surface area contributed by atoms with Crippen LogP contribution >= 0.6 is 16.9 Å². The molecule has 0 aromatic rings. The second-order valence-electron chi connectivity index (χ2n) is 14.5. The predicted molar refractivity (Wildman–Crippen MR) is 192 cm³/mol. The molecule has 2 rings (SSSR count). The number of carbonyl (C=O) groups excluding carboxylic acids is 1. The first-order valence-electron chi connectivity index (χ1n) is 16.6. The van der Waals surface area contributed by atoms with E-state index in [-0.39, 0.29) is 59.2 Å². The standard InChI is InChI=1S/C17H36B2O3PSi.C13H24B2O4P/c1-10-11(2)14-16(23-19-18-20)12(3)15(13(4)21-14)22-24(8,9)17(5,6)7;1-6-7(2)11-13(20-15-14-17)8(3)12(9(4)18-11)19-10(5)16/h11-16,23H,10H2,1-9H3;7-9,11-13,20H,6H2,1-5H3/t11-,12+,13?,14?,15?,16-;7-,8+,9?,11?,12?,13-/m00/s1. The molecule has 2 fully saturated rings. The molecule has 0 bridgehead atoms. The van der Waals surface area contributed by atoms with Gasteiger partial charge in [0, 0.05) is 0 Å². The van der Waals surface area contributed by atoms with E-state index in [0.717, 1.165) is 26.9 Å². The summed E-state index contributed by atoms with van der Waals surface area (Å²) in [7, 11) is 0.830. The number of hydrogen-bond donors (Lipinski definition) is 0. The Kier molecular flexibility index (Phi) is 18.6. The van der Waals surface area contributed by atoms with Gasteiger partial charge in [-0.15, -0.1) is 0 Å². The molecular formula is C30H60B4O7P2Si. The second-order valence-corrected chi connectivity index (χ2v) is 21.9. The molecule has 0 aromatic carbocycles. The molecule has 2 saturated heterocycles. The Balaban J connectivity index is 0.000000447. The molecule has 44 heavy (non-hydrogen) atoms. The van der Waals surface area contributed by atoms with Crippen molar-refractivity contribution in [3.8, 4) is 0 Å². The summed E-state index contributed by atoms with van der Waals surface area (Å²) in [5, 5.41) is 0.187. The summed E-state index contributed by atoms with van der Waals surface area (Å²) >= 11 is 0. The average molecular weight is 666 g/mol. The van der Waals surface area contributed by atoms with E-state index in [1.807, 2.05) is 6.92 Å². The van der Waals surface area contributed by atoms with Crippen LogP contribution in [0.25, 0.3) is 0 Å². The van der Waals surface area contributed by atoms with Crippen LogP contribution in [0.15, 0.2) is 0 Å². The van der Waals surface area contributed by atoms with Crippen molar-refractivity contribution in [3.63, 3.8) is 0 Å². The van der Waals surface area contributed by atoms with Gasteiger partial charge in [0.2, 0.25) is 0 Å².